The number of ether oxygens (including phenoxy) is 1. The van der Waals surface area contributed by atoms with Crippen LogP contribution in [0.15, 0.2) is 48.5 Å². The number of rotatable bonds is 6. The maximum Gasteiger partial charge on any atom is 0.229 e. The van der Waals surface area contributed by atoms with E-state index in [9.17, 15) is 14.0 Å². The highest BCUT2D eigenvalue weighted by Crippen LogP contribution is 2.22. The van der Waals surface area contributed by atoms with Crippen LogP contribution in [-0.2, 0) is 16.0 Å². The summed E-state index contributed by atoms with van der Waals surface area (Å²) in [7, 11) is 1.61. The number of anilines is 1. The highest BCUT2D eigenvalue weighted by atomic mass is 19.1. The largest absolute Gasteiger partial charge is 0.497 e. The molecule has 0 saturated carbocycles. The molecule has 1 atom stereocenters. The van der Waals surface area contributed by atoms with Crippen LogP contribution in [0.2, 0.25) is 0 Å². The van der Waals surface area contributed by atoms with E-state index in [4.69, 9.17) is 4.74 Å². The number of hydrogen-bond donors (Lipinski definition) is 1. The van der Waals surface area contributed by atoms with Gasteiger partial charge in [-0.15, -0.1) is 0 Å². The van der Waals surface area contributed by atoms with Gasteiger partial charge in [-0.25, -0.2) is 4.39 Å². The Morgan fingerprint density at radius 3 is 2.73 bits per heavy atom. The smallest absolute Gasteiger partial charge is 0.229 e. The minimum absolute atomic E-state index is 0.0975. The summed E-state index contributed by atoms with van der Waals surface area (Å²) in [5.74, 6) is 0.179. The summed E-state index contributed by atoms with van der Waals surface area (Å²) in [5.41, 5.74) is 1.56. The molecule has 6 heteroatoms. The molecule has 0 unspecified atom stereocenters. The first kappa shape index (κ1) is 17.9. The lowest BCUT2D eigenvalue weighted by atomic mass is 10.1. The molecule has 0 radical (unpaired) electrons. The van der Waals surface area contributed by atoms with Gasteiger partial charge in [-0.05, 0) is 42.3 Å². The summed E-state index contributed by atoms with van der Waals surface area (Å²) in [6.45, 7) is 0.358. The Morgan fingerprint density at radius 1 is 1.27 bits per heavy atom. The first-order valence-electron chi connectivity index (χ1n) is 8.53. The second kappa shape index (κ2) is 7.99. The number of amides is 2. The van der Waals surface area contributed by atoms with Gasteiger partial charge in [0, 0.05) is 25.1 Å². The van der Waals surface area contributed by atoms with Crippen molar-refractivity contribution in [2.24, 2.45) is 0 Å². The van der Waals surface area contributed by atoms with Gasteiger partial charge in [-0.3, -0.25) is 9.59 Å². The third-order valence-electron chi connectivity index (χ3n) is 4.41. The fourth-order valence-corrected chi connectivity index (χ4v) is 3.05. The normalized spacial score (nSPS) is 16.6. The molecule has 0 spiro atoms. The lowest BCUT2D eigenvalue weighted by Gasteiger charge is -2.17. The van der Waals surface area contributed by atoms with Gasteiger partial charge in [0.2, 0.25) is 11.8 Å². The van der Waals surface area contributed by atoms with E-state index in [1.165, 1.54) is 17.0 Å². The molecule has 136 valence electrons. The predicted octanol–water partition coefficient (Wildman–Crippen LogP) is 2.69. The molecule has 3 rings (SSSR count). The Hall–Kier alpha value is -2.89. The number of carbonyl (C=O) groups is 2. The van der Waals surface area contributed by atoms with E-state index in [0.29, 0.717) is 25.1 Å². The molecule has 2 aromatic rings. The number of benzene rings is 2. The molecule has 1 saturated heterocycles. The highest BCUT2D eigenvalue weighted by molar-refractivity contribution is 5.96. The first-order chi connectivity index (χ1) is 12.5. The van der Waals surface area contributed by atoms with Gasteiger partial charge in [0.05, 0.1) is 13.2 Å². The molecule has 1 aliphatic heterocycles. The van der Waals surface area contributed by atoms with Crippen LogP contribution in [0, 0.1) is 5.82 Å². The number of aryl methyl sites for hydroxylation is 1. The quantitative estimate of drug-likeness (QED) is 0.866. The van der Waals surface area contributed by atoms with Crippen LogP contribution in [0.1, 0.15) is 18.4 Å². The molecular formula is C20H21FN2O3. The molecule has 26 heavy (non-hydrogen) atoms. The van der Waals surface area contributed by atoms with Gasteiger partial charge in [0.1, 0.15) is 11.6 Å². The van der Waals surface area contributed by atoms with Gasteiger partial charge in [0.15, 0.2) is 0 Å². The molecule has 1 aliphatic rings. The summed E-state index contributed by atoms with van der Waals surface area (Å²) < 4.78 is 18.5. The molecule has 2 aromatic carbocycles. The van der Waals surface area contributed by atoms with Crippen LogP contribution < -0.4 is 15.0 Å². The predicted molar refractivity (Wildman–Crippen MR) is 96.6 cm³/mol. The minimum atomic E-state index is -0.387. The molecule has 0 aromatic heterocycles. The van der Waals surface area contributed by atoms with Crippen molar-refractivity contribution in [2.75, 3.05) is 18.6 Å². The van der Waals surface area contributed by atoms with E-state index in [0.717, 1.165) is 11.3 Å². The van der Waals surface area contributed by atoms with Gasteiger partial charge < -0.3 is 15.0 Å². The van der Waals surface area contributed by atoms with Crippen molar-refractivity contribution in [1.82, 2.24) is 5.32 Å². The second-order valence-corrected chi connectivity index (χ2v) is 6.30. The number of nitrogens with zero attached hydrogens (tertiary/aromatic N) is 1. The maximum atomic E-state index is 13.3. The van der Waals surface area contributed by atoms with Crippen molar-refractivity contribution in [2.45, 2.75) is 25.3 Å². The van der Waals surface area contributed by atoms with Crippen molar-refractivity contribution in [1.29, 1.82) is 0 Å². The Balaban J connectivity index is 1.51. The molecule has 0 bridgehead atoms. The first-order valence-corrected chi connectivity index (χ1v) is 8.53. The number of hydrogen-bond acceptors (Lipinski definition) is 3. The summed E-state index contributed by atoms with van der Waals surface area (Å²) in [4.78, 5) is 25.8. The van der Waals surface area contributed by atoms with E-state index < -0.39 is 0 Å². The van der Waals surface area contributed by atoms with E-state index >= 15 is 0 Å². The van der Waals surface area contributed by atoms with Crippen molar-refractivity contribution in [3.8, 4) is 5.75 Å². The average Bonchev–Trinajstić information content (AvgIpc) is 3.00. The lowest BCUT2D eigenvalue weighted by molar-refractivity contribution is -0.121. The minimum Gasteiger partial charge on any atom is -0.497 e. The van der Waals surface area contributed by atoms with Crippen LogP contribution in [0.25, 0.3) is 0 Å². The van der Waals surface area contributed by atoms with E-state index in [1.807, 2.05) is 24.3 Å². The van der Waals surface area contributed by atoms with Crippen LogP contribution in [-0.4, -0.2) is 31.5 Å². The molecular weight excluding hydrogens is 335 g/mol. The second-order valence-electron chi connectivity index (χ2n) is 6.30. The summed E-state index contributed by atoms with van der Waals surface area (Å²) in [5, 5.41) is 2.90. The third kappa shape index (κ3) is 4.39. The zero-order chi connectivity index (χ0) is 18.5. The van der Waals surface area contributed by atoms with Crippen molar-refractivity contribution >= 4 is 17.5 Å². The zero-order valence-electron chi connectivity index (χ0n) is 14.6. The Morgan fingerprint density at radius 2 is 2.04 bits per heavy atom. The SMILES string of the molecule is COc1ccc(CCC(=O)N[C@H]2CC(=O)N(c3cccc(F)c3)C2)cc1. The van der Waals surface area contributed by atoms with Crippen molar-refractivity contribution in [3.05, 3.63) is 59.9 Å². The monoisotopic (exact) mass is 356 g/mol. The lowest BCUT2D eigenvalue weighted by Crippen LogP contribution is -2.37. The number of nitrogens with one attached hydrogen (secondary N) is 1. The topological polar surface area (TPSA) is 58.6 Å². The van der Waals surface area contributed by atoms with E-state index in [1.54, 1.807) is 19.2 Å². The van der Waals surface area contributed by atoms with Gasteiger partial charge in [-0.1, -0.05) is 18.2 Å². The average molecular weight is 356 g/mol. The molecule has 1 heterocycles. The van der Waals surface area contributed by atoms with E-state index in [2.05, 4.69) is 5.32 Å². The van der Waals surface area contributed by atoms with Crippen LogP contribution in [0.5, 0.6) is 5.75 Å². The summed E-state index contributed by atoms with van der Waals surface area (Å²) in [6, 6.07) is 13.2. The number of methoxy groups -OCH3 is 1. The molecule has 2 amide bonds. The number of carbonyl (C=O) groups excluding carboxylic acids is 2. The van der Waals surface area contributed by atoms with Crippen molar-refractivity contribution < 1.29 is 18.7 Å². The van der Waals surface area contributed by atoms with Gasteiger partial charge in [-0.2, -0.15) is 0 Å². The highest BCUT2D eigenvalue weighted by Gasteiger charge is 2.31. The fourth-order valence-electron chi connectivity index (χ4n) is 3.05. The Bertz CT molecular complexity index is 792. The van der Waals surface area contributed by atoms with Crippen LogP contribution >= 0.6 is 0 Å². The molecule has 5 nitrogen and oxygen atoms in total. The fraction of sp³-hybridized carbons (Fsp3) is 0.300. The van der Waals surface area contributed by atoms with Gasteiger partial charge >= 0.3 is 0 Å². The Labute approximate surface area is 151 Å². The standard InChI is InChI=1S/C20H21FN2O3/c1-26-18-8-5-14(6-9-18)7-10-19(24)22-16-12-20(25)23(13-16)17-4-2-3-15(21)11-17/h2-6,8-9,11,16H,7,10,12-13H2,1H3,(H,22,24)/t16-/m0/s1. The van der Waals surface area contributed by atoms with Crippen molar-refractivity contribution in [3.63, 3.8) is 0 Å². The molecule has 1 N–H and O–H groups in total. The van der Waals surface area contributed by atoms with Crippen LogP contribution in [0.3, 0.4) is 0 Å². The van der Waals surface area contributed by atoms with Gasteiger partial charge in [0.25, 0.3) is 0 Å². The van der Waals surface area contributed by atoms with Crippen LogP contribution in [0.4, 0.5) is 10.1 Å². The molecule has 1 fully saturated rings. The Kier molecular flexibility index (Phi) is 5.51. The zero-order valence-corrected chi connectivity index (χ0v) is 14.6. The number of halogens is 1. The van der Waals surface area contributed by atoms with E-state index in [-0.39, 0.29) is 30.1 Å². The summed E-state index contributed by atoms with van der Waals surface area (Å²) >= 11 is 0. The summed E-state index contributed by atoms with van der Waals surface area (Å²) in [6.07, 6.45) is 1.19. The molecule has 0 aliphatic carbocycles. The maximum absolute atomic E-state index is 13.3. The third-order valence-corrected chi connectivity index (χ3v) is 4.41.